The Morgan fingerprint density at radius 1 is 1.33 bits per heavy atom. The van der Waals surface area contributed by atoms with E-state index in [9.17, 15) is 14.5 Å². The number of aromatic nitrogens is 2. The lowest BCUT2D eigenvalue weighted by atomic mass is 10.0. The smallest absolute Gasteiger partial charge is 0.327 e. The van der Waals surface area contributed by atoms with Gasteiger partial charge in [-0.2, -0.15) is 4.39 Å². The Labute approximate surface area is 156 Å². The summed E-state index contributed by atoms with van der Waals surface area (Å²) in [5.74, 6) is 0.220. The number of methoxy groups -OCH3 is 1. The topological polar surface area (TPSA) is 93.4 Å². The first-order valence-electron chi connectivity index (χ1n) is 8.86. The average Bonchev–Trinajstić information content (AvgIpc) is 2.67. The Bertz CT molecular complexity index is 825. The molecule has 1 aromatic carbocycles. The van der Waals surface area contributed by atoms with Crippen molar-refractivity contribution in [2.24, 2.45) is 0 Å². The SMILES string of the molecule is CCc1cc(N2CCC(Nc3cc(OC)cc(F)c3[N+](=O)[O-])CC2)ncn1. The fraction of sp³-hybridized carbons (Fsp3) is 0.444. The van der Waals surface area contributed by atoms with Gasteiger partial charge in [0.1, 0.15) is 23.6 Å². The van der Waals surface area contributed by atoms with Crippen LogP contribution in [0.2, 0.25) is 0 Å². The van der Waals surface area contributed by atoms with Gasteiger partial charge in [-0.1, -0.05) is 6.92 Å². The fourth-order valence-electron chi connectivity index (χ4n) is 3.21. The average molecular weight is 375 g/mol. The number of nitrogens with zero attached hydrogens (tertiary/aromatic N) is 4. The van der Waals surface area contributed by atoms with Gasteiger partial charge in [0, 0.05) is 43.0 Å². The lowest BCUT2D eigenvalue weighted by Crippen LogP contribution is -2.39. The molecule has 0 aliphatic carbocycles. The van der Waals surface area contributed by atoms with Crippen molar-refractivity contribution in [2.45, 2.75) is 32.2 Å². The summed E-state index contributed by atoms with van der Waals surface area (Å²) < 4.78 is 19.1. The summed E-state index contributed by atoms with van der Waals surface area (Å²) in [6.45, 7) is 3.54. The van der Waals surface area contributed by atoms with Gasteiger partial charge >= 0.3 is 5.69 Å². The molecule has 1 aliphatic heterocycles. The lowest BCUT2D eigenvalue weighted by molar-refractivity contribution is -0.386. The maximum absolute atomic E-state index is 14.1. The number of halogens is 1. The summed E-state index contributed by atoms with van der Waals surface area (Å²) in [7, 11) is 1.40. The Hall–Kier alpha value is -2.97. The van der Waals surface area contributed by atoms with Crippen molar-refractivity contribution in [3.05, 3.63) is 46.2 Å². The molecule has 1 saturated heterocycles. The highest BCUT2D eigenvalue weighted by molar-refractivity contribution is 5.65. The Kier molecular flexibility index (Phi) is 5.68. The normalized spacial score (nSPS) is 14.9. The van der Waals surface area contributed by atoms with Crippen LogP contribution >= 0.6 is 0 Å². The molecule has 2 aromatic rings. The standard InChI is InChI=1S/C18H22FN5O3/c1-3-12-8-17(21-11-20-12)23-6-4-13(5-7-23)22-16-10-14(27-2)9-15(19)18(16)24(25)26/h8-11,13,22H,3-7H2,1-2H3. The van der Waals surface area contributed by atoms with Gasteiger partial charge in [0.2, 0.25) is 5.82 Å². The van der Waals surface area contributed by atoms with Crippen molar-refractivity contribution in [3.8, 4) is 5.75 Å². The molecule has 27 heavy (non-hydrogen) atoms. The van der Waals surface area contributed by atoms with Crippen molar-refractivity contribution in [1.29, 1.82) is 0 Å². The van der Waals surface area contributed by atoms with Crippen molar-refractivity contribution in [3.63, 3.8) is 0 Å². The van der Waals surface area contributed by atoms with Gasteiger partial charge in [0.25, 0.3) is 0 Å². The molecular formula is C18H22FN5O3. The van der Waals surface area contributed by atoms with Gasteiger partial charge in [0.05, 0.1) is 12.0 Å². The first-order chi connectivity index (χ1) is 13.0. The second kappa shape index (κ2) is 8.15. The van der Waals surface area contributed by atoms with Crippen LogP contribution in [0.15, 0.2) is 24.5 Å². The summed E-state index contributed by atoms with van der Waals surface area (Å²) in [6, 6.07) is 4.47. The van der Waals surface area contributed by atoms with Gasteiger partial charge in [-0.05, 0) is 19.3 Å². The van der Waals surface area contributed by atoms with Gasteiger partial charge in [-0.15, -0.1) is 0 Å². The van der Waals surface area contributed by atoms with Crippen LogP contribution < -0.4 is 15.0 Å². The molecule has 1 N–H and O–H groups in total. The number of nitro benzene ring substituents is 1. The number of ether oxygens (including phenoxy) is 1. The van der Waals surface area contributed by atoms with Gasteiger partial charge in [-0.25, -0.2) is 9.97 Å². The molecular weight excluding hydrogens is 353 g/mol. The molecule has 1 fully saturated rings. The number of anilines is 2. The van der Waals surface area contributed by atoms with Crippen molar-refractivity contribution >= 4 is 17.2 Å². The van der Waals surface area contributed by atoms with E-state index in [4.69, 9.17) is 4.74 Å². The Balaban J connectivity index is 1.70. The molecule has 8 nitrogen and oxygen atoms in total. The fourth-order valence-corrected chi connectivity index (χ4v) is 3.21. The molecule has 9 heteroatoms. The summed E-state index contributed by atoms with van der Waals surface area (Å²) in [5.41, 5.74) is 0.579. The van der Waals surface area contributed by atoms with E-state index in [0.717, 1.165) is 49.9 Å². The van der Waals surface area contributed by atoms with E-state index in [-0.39, 0.29) is 17.5 Å². The van der Waals surface area contributed by atoms with Gasteiger partial charge in [-0.3, -0.25) is 10.1 Å². The van der Waals surface area contributed by atoms with Crippen LogP contribution in [0, 0.1) is 15.9 Å². The lowest BCUT2D eigenvalue weighted by Gasteiger charge is -2.33. The highest BCUT2D eigenvalue weighted by atomic mass is 19.1. The second-order valence-electron chi connectivity index (χ2n) is 6.39. The summed E-state index contributed by atoms with van der Waals surface area (Å²) in [4.78, 5) is 21.2. The molecule has 0 atom stereocenters. The predicted octanol–water partition coefficient (Wildman–Crippen LogP) is 3.18. The third kappa shape index (κ3) is 4.24. The molecule has 2 heterocycles. The van der Waals surface area contributed by atoms with E-state index < -0.39 is 16.4 Å². The molecule has 0 amide bonds. The molecule has 0 unspecified atom stereocenters. The number of hydrogen-bond donors (Lipinski definition) is 1. The monoisotopic (exact) mass is 375 g/mol. The maximum Gasteiger partial charge on any atom is 0.327 e. The van der Waals surface area contributed by atoms with Crippen molar-refractivity contribution in [2.75, 3.05) is 30.4 Å². The first kappa shape index (κ1) is 18.8. The maximum atomic E-state index is 14.1. The first-order valence-corrected chi connectivity index (χ1v) is 8.86. The van der Waals surface area contributed by atoms with E-state index in [1.165, 1.54) is 13.2 Å². The number of aryl methyl sites for hydroxylation is 1. The second-order valence-corrected chi connectivity index (χ2v) is 6.39. The molecule has 0 bridgehead atoms. The summed E-state index contributed by atoms with van der Waals surface area (Å²) in [6.07, 6.45) is 3.92. The number of hydrogen-bond acceptors (Lipinski definition) is 7. The predicted molar refractivity (Wildman–Crippen MR) is 99.9 cm³/mol. The van der Waals surface area contributed by atoms with E-state index >= 15 is 0 Å². The van der Waals surface area contributed by atoms with Crippen LogP contribution in [0.5, 0.6) is 5.75 Å². The zero-order chi connectivity index (χ0) is 19.4. The number of rotatable bonds is 6. The minimum atomic E-state index is -0.910. The highest BCUT2D eigenvalue weighted by Crippen LogP contribution is 2.34. The zero-order valence-corrected chi connectivity index (χ0v) is 15.3. The zero-order valence-electron chi connectivity index (χ0n) is 15.3. The Morgan fingerprint density at radius 3 is 2.70 bits per heavy atom. The molecule has 0 radical (unpaired) electrons. The van der Waals surface area contributed by atoms with Crippen LogP contribution in [-0.4, -0.2) is 41.1 Å². The third-order valence-electron chi connectivity index (χ3n) is 4.71. The Morgan fingerprint density at radius 2 is 2.07 bits per heavy atom. The van der Waals surface area contributed by atoms with E-state index in [0.29, 0.717) is 0 Å². The highest BCUT2D eigenvalue weighted by Gasteiger charge is 2.26. The molecule has 1 aromatic heterocycles. The molecule has 0 spiro atoms. The van der Waals surface area contributed by atoms with Crippen LogP contribution in [0.3, 0.4) is 0 Å². The molecule has 0 saturated carbocycles. The van der Waals surface area contributed by atoms with E-state index in [1.54, 1.807) is 6.33 Å². The number of nitrogens with one attached hydrogen (secondary N) is 1. The van der Waals surface area contributed by atoms with Crippen LogP contribution in [0.25, 0.3) is 0 Å². The van der Waals surface area contributed by atoms with Crippen LogP contribution in [-0.2, 0) is 6.42 Å². The van der Waals surface area contributed by atoms with Gasteiger partial charge < -0.3 is 15.0 Å². The quantitative estimate of drug-likeness (QED) is 0.612. The minimum Gasteiger partial charge on any atom is -0.497 e. The molecule has 3 rings (SSSR count). The number of nitro groups is 1. The minimum absolute atomic E-state index is 0.000982. The van der Waals surface area contributed by atoms with E-state index in [2.05, 4.69) is 20.2 Å². The summed E-state index contributed by atoms with van der Waals surface area (Å²) >= 11 is 0. The van der Waals surface area contributed by atoms with Crippen molar-refractivity contribution < 1.29 is 14.1 Å². The van der Waals surface area contributed by atoms with Gasteiger partial charge in [0.15, 0.2) is 0 Å². The number of benzene rings is 1. The third-order valence-corrected chi connectivity index (χ3v) is 4.71. The van der Waals surface area contributed by atoms with Crippen LogP contribution in [0.4, 0.5) is 21.6 Å². The van der Waals surface area contributed by atoms with E-state index in [1.807, 2.05) is 13.0 Å². The largest absolute Gasteiger partial charge is 0.497 e. The molecule has 1 aliphatic rings. The molecule has 144 valence electrons. The summed E-state index contributed by atoms with van der Waals surface area (Å²) in [5, 5.41) is 14.4. The number of piperidine rings is 1. The van der Waals surface area contributed by atoms with Crippen molar-refractivity contribution in [1.82, 2.24) is 9.97 Å². The van der Waals surface area contributed by atoms with Crippen LogP contribution in [0.1, 0.15) is 25.5 Å².